The Morgan fingerprint density at radius 1 is 0.690 bits per heavy atom. The summed E-state index contributed by atoms with van der Waals surface area (Å²) in [7, 11) is -28.3. The van der Waals surface area contributed by atoms with Crippen LogP contribution in [0, 0.1) is 25.2 Å². The lowest BCUT2D eigenvalue weighted by molar-refractivity contribution is -0.114. The molecule has 0 spiro atoms. The van der Waals surface area contributed by atoms with Crippen LogP contribution < -0.4 is 14.8 Å². The van der Waals surface area contributed by atoms with Crippen LogP contribution in [-0.2, 0) is 65.5 Å². The fourth-order valence-electron chi connectivity index (χ4n) is 8.29. The zero-order valence-electron chi connectivity index (χ0n) is 44.4. The first kappa shape index (κ1) is 65.2. The average molecular weight is 1360 g/mol. The van der Waals surface area contributed by atoms with Crippen molar-refractivity contribution in [3.63, 3.8) is 0 Å². The monoisotopic (exact) mass is 1360 g/mol. The number of benzene rings is 5. The predicted octanol–water partition coefficient (Wildman–Crippen LogP) is 8.67. The van der Waals surface area contributed by atoms with Crippen molar-refractivity contribution in [3.05, 3.63) is 71.3 Å². The van der Waals surface area contributed by atoms with Crippen LogP contribution in [0.3, 0.4) is 0 Å². The number of azo groups is 3. The van der Waals surface area contributed by atoms with Crippen LogP contribution in [0.4, 0.5) is 39.3 Å². The molecule has 0 bridgehead atoms. The number of rotatable bonds is 22. The largest absolute Gasteiger partial charge is 0.494 e. The predicted molar refractivity (Wildman–Crippen MR) is 309 cm³/mol. The van der Waals surface area contributed by atoms with E-state index in [1.807, 2.05) is 6.07 Å². The summed E-state index contributed by atoms with van der Waals surface area (Å²) >= 11 is 1.48. The van der Waals surface area contributed by atoms with Crippen LogP contribution in [0.2, 0.25) is 0 Å². The number of thioether (sulfide) groups is 1. The van der Waals surface area contributed by atoms with Crippen LogP contribution >= 0.6 is 23.1 Å². The minimum atomic E-state index is -5.34. The summed E-state index contributed by atoms with van der Waals surface area (Å²) in [6, 6.07) is 10.9. The van der Waals surface area contributed by atoms with Crippen molar-refractivity contribution in [2.24, 2.45) is 30.7 Å². The molecular weight excluding hydrogens is 1320 g/mol. The van der Waals surface area contributed by atoms with Gasteiger partial charge in [-0.25, -0.2) is 9.97 Å². The molecule has 3 aromatic heterocycles. The molecule has 87 heavy (non-hydrogen) atoms. The van der Waals surface area contributed by atoms with Gasteiger partial charge in [-0.05, 0) is 80.5 Å². The third-order valence-corrected chi connectivity index (χ3v) is 19.2. The lowest BCUT2D eigenvalue weighted by Gasteiger charge is -2.13. The minimum absolute atomic E-state index is 0.00280. The second-order valence-corrected chi connectivity index (χ2v) is 29.1. The molecule has 460 valence electrons. The van der Waals surface area contributed by atoms with E-state index in [0.29, 0.717) is 29.0 Å². The molecule has 0 aliphatic heterocycles. The van der Waals surface area contributed by atoms with Crippen LogP contribution in [0.1, 0.15) is 36.5 Å². The molecule has 33 nitrogen and oxygen atoms in total. The van der Waals surface area contributed by atoms with Crippen LogP contribution in [0.15, 0.2) is 110 Å². The molecule has 0 aliphatic carbocycles. The molecule has 0 unspecified atom stereocenters. The van der Waals surface area contributed by atoms with Crippen molar-refractivity contribution in [1.29, 1.82) is 5.26 Å². The van der Waals surface area contributed by atoms with E-state index < -0.39 is 120 Å². The Kier molecular flexibility index (Phi) is 18.3. The van der Waals surface area contributed by atoms with Crippen LogP contribution in [0.25, 0.3) is 37.7 Å². The van der Waals surface area contributed by atoms with Gasteiger partial charge in [-0.3, -0.25) is 36.5 Å². The number of aromatic hydroxyl groups is 1. The number of hydrogen-bond donors (Lipinski definition) is 8. The third-order valence-electron chi connectivity index (χ3n) is 12.1. The first-order valence-electron chi connectivity index (χ1n) is 23.8. The van der Waals surface area contributed by atoms with Gasteiger partial charge in [0.2, 0.25) is 16.9 Å². The molecule has 0 saturated carbocycles. The molecule has 8 N–H and O–H groups in total. The number of carbonyl (C=O) groups is 1. The summed E-state index contributed by atoms with van der Waals surface area (Å²) in [5.74, 6) is -3.03. The number of imidazole rings is 1. The van der Waals surface area contributed by atoms with Gasteiger partial charge >= 0.3 is 0 Å². The van der Waals surface area contributed by atoms with E-state index in [0.717, 1.165) is 41.3 Å². The normalized spacial score (nSPS) is 13.1. The van der Waals surface area contributed by atoms with Gasteiger partial charge in [0.25, 0.3) is 60.7 Å². The highest BCUT2D eigenvalue weighted by Crippen LogP contribution is 2.46. The van der Waals surface area contributed by atoms with Gasteiger partial charge in [0, 0.05) is 40.3 Å². The zero-order chi connectivity index (χ0) is 64.1. The number of anilines is 1. The highest BCUT2D eigenvalue weighted by molar-refractivity contribution is 7.99. The number of thiazole rings is 1. The summed E-state index contributed by atoms with van der Waals surface area (Å²) in [5.41, 5.74) is -1.73. The Hall–Kier alpha value is -7.83. The summed E-state index contributed by atoms with van der Waals surface area (Å²) in [5, 5.41) is 48.8. The smallest absolute Gasteiger partial charge is 0.296 e. The highest BCUT2D eigenvalue weighted by atomic mass is 32.2. The number of hydrogen-bond acceptors (Lipinski definition) is 27. The Morgan fingerprint density at radius 3 is 1.90 bits per heavy atom. The number of aromatic nitrogens is 3. The molecule has 3 heterocycles. The molecule has 0 atom stereocenters. The lowest BCUT2D eigenvalue weighted by Crippen LogP contribution is -2.08. The van der Waals surface area contributed by atoms with E-state index in [9.17, 15) is 93.0 Å². The Morgan fingerprint density at radius 2 is 1.29 bits per heavy atom. The fourth-order valence-corrected chi connectivity index (χ4v) is 13.9. The number of pyridine rings is 1. The van der Waals surface area contributed by atoms with Gasteiger partial charge in [-0.15, -0.1) is 37.3 Å². The van der Waals surface area contributed by atoms with E-state index in [-0.39, 0.29) is 114 Å². The number of nitrogens with one attached hydrogen (secondary N) is 1. The molecule has 0 radical (unpaired) electrons. The first-order valence-corrected chi connectivity index (χ1v) is 34.6. The molecule has 8 aromatic rings. The molecule has 1 amide bonds. The van der Waals surface area contributed by atoms with Crippen molar-refractivity contribution < 1.29 is 97.2 Å². The summed E-state index contributed by atoms with van der Waals surface area (Å²) in [6.07, 6.45) is -0.368. The number of nitriles is 1. The number of nitrogens with zero attached hydrogens (tertiary/aromatic N) is 10. The second-order valence-electron chi connectivity index (χ2n) is 18.2. The quantitative estimate of drug-likeness (QED) is 0.0136. The van der Waals surface area contributed by atoms with Gasteiger partial charge < -0.3 is 19.9 Å². The molecule has 5 aromatic carbocycles. The van der Waals surface area contributed by atoms with Crippen molar-refractivity contribution in [1.82, 2.24) is 14.4 Å². The van der Waals surface area contributed by atoms with E-state index >= 15 is 0 Å². The Balaban J connectivity index is 1.23. The summed E-state index contributed by atoms with van der Waals surface area (Å²) in [4.78, 5) is 17.0. The number of aryl methyl sites for hydroxylation is 1. The molecule has 0 fully saturated rings. The molecule has 41 heteroatoms. The zero-order valence-corrected chi connectivity index (χ0v) is 51.0. The van der Waals surface area contributed by atoms with E-state index in [2.05, 4.69) is 46.0 Å². The Labute approximate surface area is 500 Å². The van der Waals surface area contributed by atoms with Gasteiger partial charge in [-0.1, -0.05) is 11.3 Å². The fraction of sp³-hybridized carbons (Fsp3) is 0.217. The molecule has 0 saturated heterocycles. The summed E-state index contributed by atoms with van der Waals surface area (Å²) < 4.78 is 216. The van der Waals surface area contributed by atoms with E-state index in [1.165, 1.54) is 38.3 Å². The minimum Gasteiger partial charge on any atom is -0.494 e. The maximum Gasteiger partial charge on any atom is 0.296 e. The Bertz CT molecular complexity index is 5110. The lowest BCUT2D eigenvalue weighted by atomic mass is 10.1. The van der Waals surface area contributed by atoms with Crippen molar-refractivity contribution >= 4 is 167 Å². The number of methoxy groups -OCH3 is 1. The van der Waals surface area contributed by atoms with Crippen molar-refractivity contribution in [2.75, 3.05) is 36.3 Å². The van der Waals surface area contributed by atoms with Gasteiger partial charge in [-0.2, -0.15) is 60.9 Å². The van der Waals surface area contributed by atoms with Crippen molar-refractivity contribution in [3.8, 4) is 23.4 Å². The number of fused-ring (bicyclic) bond motifs is 6. The second kappa shape index (κ2) is 24.4. The van der Waals surface area contributed by atoms with Crippen LogP contribution in [-0.4, -0.2) is 134 Å². The number of ether oxygens (including phenoxy) is 2. The van der Waals surface area contributed by atoms with E-state index in [4.69, 9.17) is 9.47 Å². The summed E-state index contributed by atoms with van der Waals surface area (Å²) in [6.45, 7) is 3.65. The van der Waals surface area contributed by atoms with Gasteiger partial charge in [0.15, 0.2) is 11.3 Å². The SMILES string of the molecule is COc1cc(N=Nc2cc(OCCCS(=O)(=O)O)c(N=Nc3c(C)c(C#N)c4nc5cc(S(=O)(=O)O)cc(NC(C)=O)c5n4c3O)cc2C)c(SCCCS(=O)(=O)O)cc1N=Nc1nc2c(S(=O)(=O)O)cc3c(S(=O)(=O)O)cc(S(=O)(=O)O)cc3c2s1. The third kappa shape index (κ3) is 14.8. The molecule has 8 rings (SSSR count). The molecule has 0 aliphatic rings. The maximum absolute atomic E-state index is 12.6. The maximum atomic E-state index is 12.6. The first-order chi connectivity index (χ1) is 40.4. The van der Waals surface area contributed by atoms with E-state index in [1.54, 1.807) is 6.92 Å². The average Bonchev–Trinajstić information content (AvgIpc) is 1.69. The topological polar surface area (TPSA) is 522 Å². The van der Waals surface area contributed by atoms with Gasteiger partial charge in [0.1, 0.15) is 61.0 Å². The molecular formula is C46H41N11O22S8. The van der Waals surface area contributed by atoms with Crippen molar-refractivity contribution in [2.45, 2.75) is 58.1 Å². The standard InChI is InChI=1S/C46H41N11O22S8/c1-21-11-30(52-55-40-22(2)28(20-47)44-49-34-14-25(85(69,70)71)13-33(48-23(3)58)42(34)57(44)45(40)59)36(79-7-5-9-82(60,61)62)17-29(21)51-54-32-18-35(78-4)31(19-37(32)80-8-6-10-83(63,64)65)53-56-46-50-41-39(87(75,76)77)16-26-27(43(41)81-46)12-24(84(66,67)68)15-38(26)86(72,73)74/h11-19,59H,5-10H2,1-4H3,(H,48,58)(H,60,61,62)(H,63,64,65)(H,66,67,68)(H,69,70,71)(H,72,73,74)(H,75,76,77). The van der Waals surface area contributed by atoms with Crippen LogP contribution in [0.5, 0.6) is 17.4 Å². The number of amides is 1. The highest BCUT2D eigenvalue weighted by Gasteiger charge is 2.29. The number of carbonyl (C=O) groups excluding carboxylic acids is 1. The van der Waals surface area contributed by atoms with Gasteiger partial charge in [0.05, 0.1) is 56.6 Å².